The van der Waals surface area contributed by atoms with Gasteiger partial charge >= 0.3 is 0 Å². The maximum Gasteiger partial charge on any atom is 0.256 e. The first-order valence-corrected chi connectivity index (χ1v) is 11.7. The SMILES string of the molecule is COCC1COC(C)(CCO)CN1C(=O)c1cc(OC)c2nc(NCc3cccc(Cl)c3)nn2c1. The van der Waals surface area contributed by atoms with Crippen molar-refractivity contribution in [3.05, 3.63) is 52.7 Å². The highest BCUT2D eigenvalue weighted by Gasteiger charge is 2.39. The quantitative estimate of drug-likeness (QED) is 0.458. The minimum atomic E-state index is -0.645. The van der Waals surface area contributed by atoms with Gasteiger partial charge in [-0.25, -0.2) is 4.52 Å². The van der Waals surface area contributed by atoms with Gasteiger partial charge in [0.15, 0.2) is 11.4 Å². The van der Waals surface area contributed by atoms with Gasteiger partial charge in [0.2, 0.25) is 5.95 Å². The van der Waals surface area contributed by atoms with Crippen molar-refractivity contribution in [2.45, 2.75) is 31.5 Å². The molecule has 0 aliphatic carbocycles. The molecule has 2 aromatic heterocycles. The van der Waals surface area contributed by atoms with Gasteiger partial charge in [-0.2, -0.15) is 4.98 Å². The number of morpholine rings is 1. The van der Waals surface area contributed by atoms with E-state index in [4.69, 9.17) is 25.8 Å². The van der Waals surface area contributed by atoms with Crippen LogP contribution in [-0.4, -0.2) is 82.7 Å². The van der Waals surface area contributed by atoms with Gasteiger partial charge < -0.3 is 29.5 Å². The van der Waals surface area contributed by atoms with Crippen molar-refractivity contribution >= 4 is 29.1 Å². The second-order valence-corrected chi connectivity index (χ2v) is 9.20. The van der Waals surface area contributed by atoms with Crippen LogP contribution in [-0.2, 0) is 16.0 Å². The van der Waals surface area contributed by atoms with E-state index in [1.807, 2.05) is 31.2 Å². The molecule has 1 aliphatic rings. The minimum absolute atomic E-state index is 0.0306. The number of aliphatic hydroxyl groups excluding tert-OH is 1. The molecule has 1 saturated heterocycles. The van der Waals surface area contributed by atoms with Crippen LogP contribution >= 0.6 is 11.6 Å². The van der Waals surface area contributed by atoms with Crippen molar-refractivity contribution in [3.63, 3.8) is 0 Å². The third-order valence-corrected chi connectivity index (χ3v) is 6.27. The van der Waals surface area contributed by atoms with Crippen molar-refractivity contribution in [1.29, 1.82) is 0 Å². The number of carbonyl (C=O) groups excluding carboxylic acids is 1. The Morgan fingerprint density at radius 3 is 2.91 bits per heavy atom. The van der Waals surface area contributed by atoms with E-state index in [9.17, 15) is 9.90 Å². The lowest BCUT2D eigenvalue weighted by molar-refractivity contribution is -0.130. The normalized spacial score (nSPS) is 20.3. The van der Waals surface area contributed by atoms with Crippen molar-refractivity contribution in [3.8, 4) is 5.75 Å². The summed E-state index contributed by atoms with van der Waals surface area (Å²) in [5.74, 6) is 0.615. The van der Waals surface area contributed by atoms with Gasteiger partial charge in [0.1, 0.15) is 0 Å². The van der Waals surface area contributed by atoms with Crippen LogP contribution in [0.25, 0.3) is 5.65 Å². The maximum absolute atomic E-state index is 13.6. The van der Waals surface area contributed by atoms with Crippen molar-refractivity contribution in [1.82, 2.24) is 19.5 Å². The van der Waals surface area contributed by atoms with E-state index < -0.39 is 5.60 Å². The largest absolute Gasteiger partial charge is 0.493 e. The van der Waals surface area contributed by atoms with Crippen LogP contribution in [0, 0.1) is 0 Å². The molecule has 10 nitrogen and oxygen atoms in total. The number of benzene rings is 1. The average molecular weight is 504 g/mol. The molecule has 0 bridgehead atoms. The third-order valence-electron chi connectivity index (χ3n) is 6.04. The molecular weight excluding hydrogens is 474 g/mol. The molecular formula is C24H30ClN5O5. The van der Waals surface area contributed by atoms with Crippen LogP contribution in [0.5, 0.6) is 5.75 Å². The number of ether oxygens (including phenoxy) is 3. The number of amides is 1. The molecule has 2 atom stereocenters. The zero-order valence-corrected chi connectivity index (χ0v) is 20.8. The Labute approximate surface area is 208 Å². The minimum Gasteiger partial charge on any atom is -0.493 e. The molecule has 188 valence electrons. The number of hydrogen-bond acceptors (Lipinski definition) is 8. The van der Waals surface area contributed by atoms with Crippen LogP contribution in [0.2, 0.25) is 5.02 Å². The maximum atomic E-state index is 13.6. The number of pyridine rings is 1. The van der Waals surface area contributed by atoms with Crippen molar-refractivity contribution in [2.75, 3.05) is 45.9 Å². The van der Waals surface area contributed by atoms with Crippen molar-refractivity contribution < 1.29 is 24.1 Å². The number of nitrogens with zero attached hydrogens (tertiary/aromatic N) is 4. The standard InChI is InChI=1S/C24H30ClN5O5/c1-24(7-8-31)15-29(19(13-33-2)14-35-24)22(32)17-10-20(34-3)21-27-23(28-30(21)12-17)26-11-16-5-4-6-18(25)9-16/h4-6,9-10,12,19,31H,7-8,11,13-15H2,1-3H3,(H,26,28). The van der Waals surface area contributed by atoms with E-state index in [2.05, 4.69) is 15.4 Å². The first-order valence-electron chi connectivity index (χ1n) is 11.3. The van der Waals surface area contributed by atoms with Gasteiger partial charge in [0.25, 0.3) is 5.91 Å². The van der Waals surface area contributed by atoms with E-state index in [1.165, 1.54) is 11.6 Å². The van der Waals surface area contributed by atoms with Gasteiger partial charge in [-0.1, -0.05) is 23.7 Å². The lowest BCUT2D eigenvalue weighted by Crippen LogP contribution is -2.58. The number of nitrogens with one attached hydrogen (secondary N) is 1. The van der Waals surface area contributed by atoms with Gasteiger partial charge in [-0.05, 0) is 30.7 Å². The summed E-state index contributed by atoms with van der Waals surface area (Å²) in [4.78, 5) is 19.9. The molecule has 35 heavy (non-hydrogen) atoms. The Morgan fingerprint density at radius 1 is 1.37 bits per heavy atom. The molecule has 1 aliphatic heterocycles. The molecule has 1 fully saturated rings. The Balaban J connectivity index is 1.60. The van der Waals surface area contributed by atoms with Crippen LogP contribution in [0.4, 0.5) is 5.95 Å². The molecule has 11 heteroatoms. The number of methoxy groups -OCH3 is 2. The summed E-state index contributed by atoms with van der Waals surface area (Å²) in [6.07, 6.45) is 2.06. The first-order chi connectivity index (χ1) is 16.9. The van der Waals surface area contributed by atoms with E-state index in [-0.39, 0.29) is 18.6 Å². The number of halogens is 1. The summed E-state index contributed by atoms with van der Waals surface area (Å²) >= 11 is 6.06. The van der Waals surface area contributed by atoms with Crippen LogP contribution in [0.3, 0.4) is 0 Å². The summed E-state index contributed by atoms with van der Waals surface area (Å²) < 4.78 is 18.4. The Hall–Kier alpha value is -2.92. The van der Waals surface area contributed by atoms with Crippen LogP contribution < -0.4 is 10.1 Å². The molecule has 1 aromatic carbocycles. The summed E-state index contributed by atoms with van der Waals surface area (Å²) in [6.45, 7) is 3.33. The molecule has 0 spiro atoms. The predicted octanol–water partition coefficient (Wildman–Crippen LogP) is 2.63. The highest BCUT2D eigenvalue weighted by molar-refractivity contribution is 6.30. The van der Waals surface area contributed by atoms with E-state index >= 15 is 0 Å². The predicted molar refractivity (Wildman–Crippen MR) is 131 cm³/mol. The smallest absolute Gasteiger partial charge is 0.256 e. The monoisotopic (exact) mass is 503 g/mol. The lowest BCUT2D eigenvalue weighted by atomic mass is 9.97. The summed E-state index contributed by atoms with van der Waals surface area (Å²) in [5, 5.41) is 17.8. The van der Waals surface area contributed by atoms with Gasteiger partial charge in [-0.15, -0.1) is 5.10 Å². The Morgan fingerprint density at radius 2 is 2.20 bits per heavy atom. The molecule has 4 rings (SSSR count). The Kier molecular flexibility index (Phi) is 7.75. The van der Waals surface area contributed by atoms with Gasteiger partial charge in [-0.3, -0.25) is 4.79 Å². The fourth-order valence-corrected chi connectivity index (χ4v) is 4.38. The second-order valence-electron chi connectivity index (χ2n) is 8.76. The van der Waals surface area contributed by atoms with E-state index in [0.29, 0.717) is 60.7 Å². The number of aliphatic hydroxyl groups is 1. The Bertz CT molecular complexity index is 1190. The number of aromatic nitrogens is 3. The molecule has 3 aromatic rings. The van der Waals surface area contributed by atoms with Gasteiger partial charge in [0.05, 0.1) is 44.1 Å². The molecule has 3 heterocycles. The second kappa shape index (κ2) is 10.8. The highest BCUT2D eigenvalue weighted by atomic mass is 35.5. The summed E-state index contributed by atoms with van der Waals surface area (Å²) in [7, 11) is 3.12. The van der Waals surface area contributed by atoms with Crippen molar-refractivity contribution in [2.24, 2.45) is 0 Å². The van der Waals surface area contributed by atoms with Crippen LogP contribution in [0.15, 0.2) is 36.5 Å². The van der Waals surface area contributed by atoms with Crippen LogP contribution in [0.1, 0.15) is 29.3 Å². The lowest BCUT2D eigenvalue weighted by Gasteiger charge is -2.45. The fraction of sp³-hybridized carbons (Fsp3) is 0.458. The first kappa shape index (κ1) is 25.2. The zero-order valence-electron chi connectivity index (χ0n) is 20.0. The third kappa shape index (κ3) is 5.67. The van der Waals surface area contributed by atoms with E-state index in [1.54, 1.807) is 24.3 Å². The average Bonchev–Trinajstić information content (AvgIpc) is 3.26. The number of rotatable bonds is 9. The zero-order chi connectivity index (χ0) is 25.0. The van der Waals surface area contributed by atoms with Gasteiger partial charge in [0, 0.05) is 37.9 Å². The molecule has 0 radical (unpaired) electrons. The molecule has 1 amide bonds. The summed E-state index contributed by atoms with van der Waals surface area (Å²) in [6, 6.07) is 8.92. The topological polar surface area (TPSA) is 110 Å². The fourth-order valence-electron chi connectivity index (χ4n) is 4.17. The van der Waals surface area contributed by atoms with E-state index in [0.717, 1.165) is 5.56 Å². The molecule has 0 saturated carbocycles. The number of fused-ring (bicyclic) bond motifs is 1. The number of anilines is 1. The molecule has 2 N–H and O–H groups in total. The number of hydrogen-bond donors (Lipinski definition) is 2. The molecule has 2 unspecified atom stereocenters. The number of carbonyl (C=O) groups is 1. The summed E-state index contributed by atoms with van der Waals surface area (Å²) in [5.41, 5.74) is 1.22. The highest BCUT2D eigenvalue weighted by Crippen LogP contribution is 2.28.